The Morgan fingerprint density at radius 1 is 1.42 bits per heavy atom. The number of ether oxygens (including phenoxy) is 1. The summed E-state index contributed by atoms with van der Waals surface area (Å²) in [6.45, 7) is 3.58. The summed E-state index contributed by atoms with van der Waals surface area (Å²) in [6, 6.07) is 4.20. The van der Waals surface area contributed by atoms with Crippen LogP contribution >= 0.6 is 0 Å². The third kappa shape index (κ3) is 4.84. The van der Waals surface area contributed by atoms with Gasteiger partial charge in [-0.2, -0.15) is 0 Å². The minimum atomic E-state index is -0.561. The van der Waals surface area contributed by atoms with Crippen molar-refractivity contribution in [3.8, 4) is 0 Å². The van der Waals surface area contributed by atoms with Gasteiger partial charge in [0.05, 0.1) is 17.9 Å². The van der Waals surface area contributed by atoms with Crippen molar-refractivity contribution in [3.63, 3.8) is 0 Å². The molecule has 1 rings (SSSR count). The average molecular weight is 269 g/mol. The maximum Gasteiger partial charge on any atom is 0.253 e. The van der Waals surface area contributed by atoms with Gasteiger partial charge in [0, 0.05) is 13.2 Å². The van der Waals surface area contributed by atoms with Gasteiger partial charge in [-0.15, -0.1) is 0 Å². The first-order valence-corrected chi connectivity index (χ1v) is 6.31. The number of rotatable bonds is 8. The molecule has 0 spiro atoms. The van der Waals surface area contributed by atoms with Gasteiger partial charge in [0.15, 0.2) is 0 Å². The van der Waals surface area contributed by atoms with Crippen molar-refractivity contribution >= 4 is 11.6 Å². The summed E-state index contributed by atoms with van der Waals surface area (Å²) in [6.07, 6.45) is 2.07. The van der Waals surface area contributed by atoms with E-state index in [1.54, 1.807) is 0 Å². The fourth-order valence-corrected chi connectivity index (χ4v) is 1.54. The summed E-state index contributed by atoms with van der Waals surface area (Å²) >= 11 is 0. The second-order valence-electron chi connectivity index (χ2n) is 4.03. The number of para-hydroxylation sites is 1. The lowest BCUT2D eigenvalue weighted by Crippen LogP contribution is -2.29. The number of nitrogens with one attached hydrogen (secondary N) is 2. The normalized spacial score (nSPS) is 10.3. The topological polar surface area (TPSA) is 76.4 Å². The highest BCUT2D eigenvalue weighted by atomic mass is 19.1. The Morgan fingerprint density at radius 3 is 2.89 bits per heavy atom. The molecule has 4 N–H and O–H groups in total. The monoisotopic (exact) mass is 269 g/mol. The highest BCUT2D eigenvalue weighted by Gasteiger charge is 2.13. The first-order chi connectivity index (χ1) is 9.20. The van der Waals surface area contributed by atoms with Crippen LogP contribution in [0.5, 0.6) is 0 Å². The maximum atomic E-state index is 13.4. The molecule has 0 unspecified atom stereocenters. The van der Waals surface area contributed by atoms with Gasteiger partial charge in [-0.1, -0.05) is 19.4 Å². The van der Waals surface area contributed by atoms with Crippen LogP contribution in [0.15, 0.2) is 18.2 Å². The Hall–Kier alpha value is -1.66. The number of hydrogen-bond acceptors (Lipinski definition) is 4. The molecule has 0 aromatic heterocycles. The molecule has 1 aromatic carbocycles. The van der Waals surface area contributed by atoms with Gasteiger partial charge in [-0.3, -0.25) is 10.6 Å². The van der Waals surface area contributed by atoms with E-state index in [2.05, 4.69) is 17.7 Å². The summed E-state index contributed by atoms with van der Waals surface area (Å²) in [5.74, 6) is 4.26. The van der Waals surface area contributed by atoms with E-state index in [4.69, 9.17) is 10.6 Å². The molecular formula is C13H20FN3O2. The zero-order chi connectivity index (χ0) is 14.1. The number of carbonyl (C=O) groups excluding carboxylic acids is 1. The van der Waals surface area contributed by atoms with E-state index >= 15 is 0 Å². The molecule has 0 saturated heterocycles. The summed E-state index contributed by atoms with van der Waals surface area (Å²) in [5, 5.41) is 2.65. The van der Waals surface area contributed by atoms with Gasteiger partial charge in [0.1, 0.15) is 5.82 Å². The second kappa shape index (κ2) is 8.44. The van der Waals surface area contributed by atoms with E-state index in [0.29, 0.717) is 19.8 Å². The third-order valence-electron chi connectivity index (χ3n) is 2.58. The molecule has 0 heterocycles. The van der Waals surface area contributed by atoms with Crippen molar-refractivity contribution in [3.05, 3.63) is 29.6 Å². The fourth-order valence-electron chi connectivity index (χ4n) is 1.54. The summed E-state index contributed by atoms with van der Waals surface area (Å²) in [7, 11) is 0. The molecule has 5 nitrogen and oxygen atoms in total. The Morgan fingerprint density at radius 2 is 2.21 bits per heavy atom. The number of nitrogen functional groups attached to an aromatic ring is 1. The van der Waals surface area contributed by atoms with Gasteiger partial charge in [-0.25, -0.2) is 4.39 Å². The van der Waals surface area contributed by atoms with Gasteiger partial charge in [0.25, 0.3) is 5.91 Å². The Balaban J connectivity index is 2.43. The molecular weight excluding hydrogens is 249 g/mol. The Kier molecular flexibility index (Phi) is 6.84. The van der Waals surface area contributed by atoms with E-state index in [0.717, 1.165) is 12.8 Å². The molecule has 6 heteroatoms. The van der Waals surface area contributed by atoms with E-state index in [1.807, 2.05) is 0 Å². The summed E-state index contributed by atoms with van der Waals surface area (Å²) in [5.41, 5.74) is 2.37. The molecule has 1 amide bonds. The molecule has 0 fully saturated rings. The highest BCUT2D eigenvalue weighted by Crippen LogP contribution is 2.18. The quantitative estimate of drug-likeness (QED) is 0.381. The molecule has 0 aliphatic rings. The zero-order valence-corrected chi connectivity index (χ0v) is 11.0. The van der Waals surface area contributed by atoms with Crippen LogP contribution in [-0.4, -0.2) is 25.7 Å². The van der Waals surface area contributed by atoms with E-state index in [9.17, 15) is 9.18 Å². The van der Waals surface area contributed by atoms with Gasteiger partial charge in [0.2, 0.25) is 0 Å². The van der Waals surface area contributed by atoms with Crippen LogP contribution in [-0.2, 0) is 4.74 Å². The van der Waals surface area contributed by atoms with Crippen LogP contribution in [0.3, 0.4) is 0 Å². The smallest absolute Gasteiger partial charge is 0.253 e. The van der Waals surface area contributed by atoms with E-state index < -0.39 is 5.82 Å². The number of anilines is 1. The van der Waals surface area contributed by atoms with Gasteiger partial charge < -0.3 is 15.5 Å². The number of nitrogens with two attached hydrogens (primary N) is 1. The second-order valence-corrected chi connectivity index (χ2v) is 4.03. The van der Waals surface area contributed by atoms with Crippen molar-refractivity contribution in [2.75, 3.05) is 25.2 Å². The van der Waals surface area contributed by atoms with Crippen LogP contribution in [0.4, 0.5) is 10.1 Å². The first-order valence-electron chi connectivity index (χ1n) is 6.31. The standard InChI is InChI=1S/C13H20FN3O2/c1-2-3-8-19-9-7-16-13(18)10-5-4-6-11(14)12(10)17-15/h4-6,17H,2-3,7-9,15H2,1H3,(H,16,18). The molecule has 0 bridgehead atoms. The number of carbonyl (C=O) groups is 1. The number of amides is 1. The lowest BCUT2D eigenvalue weighted by molar-refractivity contribution is 0.0913. The summed E-state index contributed by atoms with van der Waals surface area (Å²) in [4.78, 5) is 11.8. The highest BCUT2D eigenvalue weighted by molar-refractivity contribution is 5.99. The number of benzene rings is 1. The minimum Gasteiger partial charge on any atom is -0.380 e. The molecule has 106 valence electrons. The Bertz CT molecular complexity index is 413. The van der Waals surface area contributed by atoms with Crippen molar-refractivity contribution in [2.24, 2.45) is 5.84 Å². The lowest BCUT2D eigenvalue weighted by Gasteiger charge is -2.10. The SMILES string of the molecule is CCCCOCCNC(=O)c1cccc(F)c1NN. The zero-order valence-electron chi connectivity index (χ0n) is 11.0. The minimum absolute atomic E-state index is 0.00750. The van der Waals surface area contributed by atoms with Crippen LogP contribution in [0.25, 0.3) is 0 Å². The van der Waals surface area contributed by atoms with Crippen LogP contribution in [0.2, 0.25) is 0 Å². The van der Waals surface area contributed by atoms with Crippen molar-refractivity contribution < 1.29 is 13.9 Å². The number of halogens is 1. The van der Waals surface area contributed by atoms with Crippen molar-refractivity contribution in [2.45, 2.75) is 19.8 Å². The Labute approximate surface area is 112 Å². The summed E-state index contributed by atoms with van der Waals surface area (Å²) < 4.78 is 18.7. The molecule has 0 aliphatic carbocycles. The third-order valence-corrected chi connectivity index (χ3v) is 2.58. The molecule has 1 aromatic rings. The molecule has 0 atom stereocenters. The van der Waals surface area contributed by atoms with E-state index in [1.165, 1.54) is 18.2 Å². The molecule has 19 heavy (non-hydrogen) atoms. The predicted octanol–water partition coefficient (Wildman–Crippen LogP) is 1.66. The molecule has 0 radical (unpaired) electrons. The van der Waals surface area contributed by atoms with Crippen LogP contribution < -0.4 is 16.6 Å². The lowest BCUT2D eigenvalue weighted by atomic mass is 10.1. The molecule has 0 aliphatic heterocycles. The van der Waals surface area contributed by atoms with Crippen molar-refractivity contribution in [1.29, 1.82) is 0 Å². The first kappa shape index (κ1) is 15.4. The van der Waals surface area contributed by atoms with Crippen molar-refractivity contribution in [1.82, 2.24) is 5.32 Å². The van der Waals surface area contributed by atoms with Gasteiger partial charge in [-0.05, 0) is 18.6 Å². The van der Waals surface area contributed by atoms with Crippen LogP contribution in [0.1, 0.15) is 30.1 Å². The average Bonchev–Trinajstić information content (AvgIpc) is 2.42. The predicted molar refractivity (Wildman–Crippen MR) is 72.3 cm³/mol. The van der Waals surface area contributed by atoms with Crippen LogP contribution in [0, 0.1) is 5.82 Å². The fraction of sp³-hybridized carbons (Fsp3) is 0.462. The number of unbranched alkanes of at least 4 members (excludes halogenated alkanes) is 1. The van der Waals surface area contributed by atoms with E-state index in [-0.39, 0.29) is 17.2 Å². The maximum absolute atomic E-state index is 13.4. The largest absolute Gasteiger partial charge is 0.380 e. The van der Waals surface area contributed by atoms with Gasteiger partial charge >= 0.3 is 0 Å². The number of hydrazine groups is 1. The molecule has 0 saturated carbocycles. The number of hydrogen-bond donors (Lipinski definition) is 3.